The van der Waals surface area contributed by atoms with E-state index >= 15 is 0 Å². The second-order valence-electron chi connectivity index (χ2n) is 5.18. The quantitative estimate of drug-likeness (QED) is 0.609. The Hall–Kier alpha value is -2.10. The van der Waals surface area contributed by atoms with Crippen LogP contribution in [0.15, 0.2) is 23.9 Å². The third-order valence-electron chi connectivity index (χ3n) is 3.81. The Morgan fingerprint density at radius 3 is 3.00 bits per heavy atom. The van der Waals surface area contributed by atoms with E-state index < -0.39 is 0 Å². The van der Waals surface area contributed by atoms with Crippen molar-refractivity contribution in [1.82, 2.24) is 4.57 Å². The van der Waals surface area contributed by atoms with E-state index in [1.165, 1.54) is 16.8 Å². The molecule has 1 aromatic heterocycles. The van der Waals surface area contributed by atoms with Crippen molar-refractivity contribution in [1.29, 1.82) is 0 Å². The fraction of sp³-hybridized carbons (Fsp3) is 0.333. The maximum atomic E-state index is 10.9. The predicted molar refractivity (Wildman–Crippen MR) is 75.6 cm³/mol. The molecule has 0 saturated carbocycles. The first kappa shape index (κ1) is 12.0. The zero-order valence-electron chi connectivity index (χ0n) is 11.1. The van der Waals surface area contributed by atoms with Gasteiger partial charge < -0.3 is 4.57 Å². The summed E-state index contributed by atoms with van der Waals surface area (Å²) in [5, 5.41) is 12.0. The summed E-state index contributed by atoms with van der Waals surface area (Å²) in [6, 6.07) is 6.35. The van der Waals surface area contributed by atoms with E-state index in [1.54, 1.807) is 13.0 Å². The van der Waals surface area contributed by atoms with E-state index in [0.717, 1.165) is 30.3 Å². The molecule has 98 valence electrons. The fourth-order valence-electron chi connectivity index (χ4n) is 2.90. The monoisotopic (exact) mass is 256 g/mol. The molecule has 2 aromatic rings. The third kappa shape index (κ3) is 1.84. The van der Waals surface area contributed by atoms with Gasteiger partial charge in [-0.1, -0.05) is 11.6 Å². The van der Waals surface area contributed by atoms with Crippen LogP contribution in [0, 0.1) is 17.0 Å². The van der Waals surface area contributed by atoms with Crippen molar-refractivity contribution in [2.45, 2.75) is 33.2 Å². The van der Waals surface area contributed by atoms with Crippen LogP contribution in [0.3, 0.4) is 0 Å². The Balaban J connectivity index is 2.31. The van der Waals surface area contributed by atoms with Crippen molar-refractivity contribution in [3.05, 3.63) is 50.8 Å². The Morgan fingerprint density at radius 1 is 1.47 bits per heavy atom. The number of benzene rings is 1. The zero-order chi connectivity index (χ0) is 13.6. The molecular weight excluding hydrogens is 240 g/mol. The Morgan fingerprint density at radius 2 is 2.26 bits per heavy atom. The van der Waals surface area contributed by atoms with Crippen LogP contribution in [0.2, 0.25) is 0 Å². The number of hydrogen-bond donors (Lipinski definition) is 0. The van der Waals surface area contributed by atoms with Crippen LogP contribution in [0.4, 0.5) is 0 Å². The summed E-state index contributed by atoms with van der Waals surface area (Å²) in [5.41, 5.74) is 4.85. The summed E-state index contributed by atoms with van der Waals surface area (Å²) in [6.07, 6.45) is 3.85. The molecule has 1 aliphatic rings. The van der Waals surface area contributed by atoms with Crippen LogP contribution in [0.5, 0.6) is 0 Å². The molecule has 1 aromatic carbocycles. The van der Waals surface area contributed by atoms with Gasteiger partial charge in [0.25, 0.3) is 0 Å². The summed E-state index contributed by atoms with van der Waals surface area (Å²) in [6.45, 7) is 4.62. The van der Waals surface area contributed by atoms with Crippen LogP contribution < -0.4 is 0 Å². The molecule has 4 heteroatoms. The molecule has 0 bridgehead atoms. The van der Waals surface area contributed by atoms with Crippen molar-refractivity contribution >= 4 is 17.0 Å². The van der Waals surface area contributed by atoms with Crippen LogP contribution in [-0.2, 0) is 13.0 Å². The molecule has 1 aliphatic heterocycles. The summed E-state index contributed by atoms with van der Waals surface area (Å²) in [4.78, 5) is 10.5. The minimum Gasteiger partial charge on any atom is -0.344 e. The highest BCUT2D eigenvalue weighted by Gasteiger charge is 2.21. The maximum Gasteiger partial charge on any atom is 0.243 e. The minimum atomic E-state index is -0.319. The smallest absolute Gasteiger partial charge is 0.243 e. The second-order valence-corrected chi connectivity index (χ2v) is 5.18. The van der Waals surface area contributed by atoms with Gasteiger partial charge in [-0.15, -0.1) is 0 Å². The lowest BCUT2D eigenvalue weighted by atomic mass is 10.1. The molecule has 0 fully saturated rings. The van der Waals surface area contributed by atoms with Gasteiger partial charge in [-0.25, -0.2) is 0 Å². The number of allylic oxidation sites excluding steroid dienone is 1. The number of rotatable bonds is 2. The van der Waals surface area contributed by atoms with Crippen LogP contribution in [-0.4, -0.2) is 9.49 Å². The minimum absolute atomic E-state index is 0.198. The molecular formula is C15H16N2O2. The van der Waals surface area contributed by atoms with Gasteiger partial charge in [0.15, 0.2) is 0 Å². The second kappa shape index (κ2) is 4.23. The first-order valence-electron chi connectivity index (χ1n) is 6.52. The van der Waals surface area contributed by atoms with E-state index in [9.17, 15) is 10.1 Å². The van der Waals surface area contributed by atoms with E-state index in [1.807, 2.05) is 0 Å². The molecule has 0 saturated heterocycles. The lowest BCUT2D eigenvalue weighted by Gasteiger charge is -1.99. The lowest BCUT2D eigenvalue weighted by Crippen LogP contribution is -1.94. The lowest BCUT2D eigenvalue weighted by molar-refractivity contribution is -0.422. The molecule has 0 atom stereocenters. The number of aryl methyl sites for hydroxylation is 2. The maximum absolute atomic E-state index is 10.9. The van der Waals surface area contributed by atoms with Crippen LogP contribution >= 0.6 is 0 Å². The number of fused-ring (bicyclic) bond motifs is 3. The van der Waals surface area contributed by atoms with Gasteiger partial charge in [0, 0.05) is 41.7 Å². The molecule has 0 spiro atoms. The summed E-state index contributed by atoms with van der Waals surface area (Å²) in [7, 11) is 0. The molecule has 3 rings (SSSR count). The van der Waals surface area contributed by atoms with Crippen molar-refractivity contribution in [3.8, 4) is 0 Å². The fourth-order valence-corrected chi connectivity index (χ4v) is 2.90. The number of nitro groups is 1. The molecule has 2 heterocycles. The largest absolute Gasteiger partial charge is 0.344 e. The third-order valence-corrected chi connectivity index (χ3v) is 3.81. The Labute approximate surface area is 111 Å². The van der Waals surface area contributed by atoms with Gasteiger partial charge in [-0.2, -0.15) is 0 Å². The number of hydrogen-bond acceptors (Lipinski definition) is 2. The van der Waals surface area contributed by atoms with Gasteiger partial charge in [-0.3, -0.25) is 10.1 Å². The average Bonchev–Trinajstić information content (AvgIpc) is 2.92. The van der Waals surface area contributed by atoms with Crippen molar-refractivity contribution < 1.29 is 4.92 Å². The van der Waals surface area contributed by atoms with E-state index in [-0.39, 0.29) is 10.6 Å². The summed E-state index contributed by atoms with van der Waals surface area (Å²) >= 11 is 0. The number of aromatic nitrogens is 1. The van der Waals surface area contributed by atoms with E-state index in [4.69, 9.17) is 0 Å². The molecule has 0 aliphatic carbocycles. The molecule has 0 radical (unpaired) electrons. The Bertz CT molecular complexity index is 710. The Kier molecular flexibility index (Phi) is 2.66. The summed E-state index contributed by atoms with van der Waals surface area (Å²) in [5.74, 6) is 0. The average molecular weight is 256 g/mol. The van der Waals surface area contributed by atoms with E-state index in [2.05, 4.69) is 29.7 Å². The van der Waals surface area contributed by atoms with Crippen molar-refractivity contribution in [2.75, 3.05) is 0 Å². The number of nitrogens with zero attached hydrogens (tertiary/aromatic N) is 2. The van der Waals surface area contributed by atoms with Crippen molar-refractivity contribution in [2.24, 2.45) is 0 Å². The topological polar surface area (TPSA) is 48.1 Å². The predicted octanol–water partition coefficient (Wildman–Crippen LogP) is 3.53. The molecule has 0 N–H and O–H groups in total. The zero-order valence-corrected chi connectivity index (χ0v) is 11.1. The van der Waals surface area contributed by atoms with Gasteiger partial charge in [-0.05, 0) is 31.9 Å². The van der Waals surface area contributed by atoms with Gasteiger partial charge in [0.1, 0.15) is 0 Å². The van der Waals surface area contributed by atoms with Crippen LogP contribution in [0.1, 0.15) is 30.2 Å². The van der Waals surface area contributed by atoms with Gasteiger partial charge in [0.05, 0.1) is 4.92 Å². The SMILES string of the molecule is CC(=Cc1c2n(c3ccc(C)cc13)CCC2)[N+](=O)[O-]. The highest BCUT2D eigenvalue weighted by Crippen LogP contribution is 2.33. The van der Waals surface area contributed by atoms with Crippen molar-refractivity contribution in [3.63, 3.8) is 0 Å². The molecule has 19 heavy (non-hydrogen) atoms. The molecule has 0 unspecified atom stereocenters. The van der Waals surface area contributed by atoms with E-state index in [0.29, 0.717) is 0 Å². The first-order valence-corrected chi connectivity index (χ1v) is 6.52. The summed E-state index contributed by atoms with van der Waals surface area (Å²) < 4.78 is 2.30. The normalized spacial score (nSPS) is 14.9. The molecule has 0 amide bonds. The molecule has 4 nitrogen and oxygen atoms in total. The van der Waals surface area contributed by atoms with Gasteiger partial charge in [0.2, 0.25) is 5.70 Å². The standard InChI is InChI=1S/C15H16N2O2/c1-10-5-6-15-12(8-10)13(9-11(2)17(18)19)14-4-3-7-16(14)15/h5-6,8-9H,3-4,7H2,1-2H3. The van der Waals surface area contributed by atoms with Crippen LogP contribution in [0.25, 0.3) is 17.0 Å². The highest BCUT2D eigenvalue weighted by atomic mass is 16.6. The van der Waals surface area contributed by atoms with Gasteiger partial charge >= 0.3 is 0 Å². The highest BCUT2D eigenvalue weighted by molar-refractivity contribution is 5.92. The first-order chi connectivity index (χ1) is 9.08.